The average Bonchev–Trinajstić information content (AvgIpc) is 2.30. The maximum absolute atomic E-state index is 9.14. The number of hydrogen-bond donors (Lipinski definition) is 2. The number of halogens is 1. The normalized spacial score (nSPS) is 11.0. The summed E-state index contributed by atoms with van der Waals surface area (Å²) in [5, 5.41) is 21.1. The van der Waals surface area contributed by atoms with E-state index in [9.17, 15) is 0 Å². The van der Waals surface area contributed by atoms with Gasteiger partial charge in [0, 0.05) is 10.6 Å². The van der Waals surface area contributed by atoms with Gasteiger partial charge in [0.1, 0.15) is 0 Å². The van der Waals surface area contributed by atoms with Gasteiger partial charge in [-0.1, -0.05) is 23.4 Å². The van der Waals surface area contributed by atoms with Crippen LogP contribution >= 0.6 is 23.4 Å². The van der Waals surface area contributed by atoms with Crippen molar-refractivity contribution in [2.45, 2.75) is 6.61 Å². The van der Waals surface area contributed by atoms with Gasteiger partial charge in [0.15, 0.2) is 11.4 Å². The highest BCUT2D eigenvalue weighted by Crippen LogP contribution is 2.24. The summed E-state index contributed by atoms with van der Waals surface area (Å²) in [6.45, 7) is -0.145. The van der Waals surface area contributed by atoms with E-state index in [1.54, 1.807) is 30.6 Å². The third-order valence-corrected chi connectivity index (χ3v) is 2.61. The van der Waals surface area contributed by atoms with E-state index in [2.05, 4.69) is 10.3 Å². The highest BCUT2D eigenvalue weighted by molar-refractivity contribution is 8.13. The Morgan fingerprint density at radius 3 is 3.00 bits per heavy atom. The lowest BCUT2D eigenvalue weighted by Gasteiger charge is -2.05. The van der Waals surface area contributed by atoms with Crippen LogP contribution in [-0.2, 0) is 6.61 Å². The molecule has 4 nitrogen and oxygen atoms in total. The van der Waals surface area contributed by atoms with Crippen molar-refractivity contribution in [3.8, 4) is 6.19 Å². The summed E-state index contributed by atoms with van der Waals surface area (Å²) in [5.41, 5.74) is 1.22. The zero-order valence-corrected chi connectivity index (χ0v) is 10.1. The fraction of sp³-hybridized carbons (Fsp3) is 0.200. The monoisotopic (exact) mass is 255 g/mol. The molecule has 0 amide bonds. The molecule has 0 spiro atoms. The number of benzene rings is 1. The molecule has 0 aliphatic carbocycles. The van der Waals surface area contributed by atoms with Crippen molar-refractivity contribution in [3.05, 3.63) is 28.8 Å². The zero-order valence-electron chi connectivity index (χ0n) is 8.57. The Labute approximate surface area is 103 Å². The van der Waals surface area contributed by atoms with E-state index in [1.165, 1.54) is 11.8 Å². The summed E-state index contributed by atoms with van der Waals surface area (Å²) in [7, 11) is 0. The molecule has 1 aromatic carbocycles. The second-order valence-electron chi connectivity index (χ2n) is 2.79. The molecule has 0 aliphatic rings. The van der Waals surface area contributed by atoms with Gasteiger partial charge in [-0.3, -0.25) is 5.32 Å². The molecule has 16 heavy (non-hydrogen) atoms. The first kappa shape index (κ1) is 12.8. The third-order valence-electron chi connectivity index (χ3n) is 1.79. The summed E-state index contributed by atoms with van der Waals surface area (Å²) in [6.07, 6.45) is 3.60. The first-order chi connectivity index (χ1) is 7.71. The maximum atomic E-state index is 9.14. The van der Waals surface area contributed by atoms with Gasteiger partial charge in [0.05, 0.1) is 12.3 Å². The molecular weight excluding hydrogens is 246 g/mol. The van der Waals surface area contributed by atoms with Gasteiger partial charge in [0.25, 0.3) is 0 Å². The van der Waals surface area contributed by atoms with Crippen LogP contribution in [0.15, 0.2) is 23.2 Å². The van der Waals surface area contributed by atoms with Crippen LogP contribution < -0.4 is 5.32 Å². The van der Waals surface area contributed by atoms with Gasteiger partial charge in [0.2, 0.25) is 0 Å². The van der Waals surface area contributed by atoms with Crippen molar-refractivity contribution in [1.82, 2.24) is 5.32 Å². The van der Waals surface area contributed by atoms with E-state index in [0.717, 1.165) is 0 Å². The summed E-state index contributed by atoms with van der Waals surface area (Å²) in [5.74, 6) is 0. The average molecular weight is 256 g/mol. The summed E-state index contributed by atoms with van der Waals surface area (Å²) < 4.78 is 0. The van der Waals surface area contributed by atoms with Crippen LogP contribution in [0.1, 0.15) is 5.56 Å². The van der Waals surface area contributed by atoms with E-state index in [-0.39, 0.29) is 6.61 Å². The largest absolute Gasteiger partial charge is 0.392 e. The van der Waals surface area contributed by atoms with Crippen LogP contribution in [0.4, 0.5) is 5.69 Å². The highest BCUT2D eigenvalue weighted by atomic mass is 35.5. The smallest absolute Gasteiger partial charge is 0.183 e. The summed E-state index contributed by atoms with van der Waals surface area (Å²) in [4.78, 5) is 4.21. The van der Waals surface area contributed by atoms with Gasteiger partial charge in [-0.25, -0.2) is 4.99 Å². The van der Waals surface area contributed by atoms with Gasteiger partial charge >= 0.3 is 0 Å². The summed E-state index contributed by atoms with van der Waals surface area (Å²) in [6, 6.07) is 5.03. The van der Waals surface area contributed by atoms with Crippen LogP contribution in [0.25, 0.3) is 0 Å². The molecule has 0 fully saturated rings. The second-order valence-corrected chi connectivity index (χ2v) is 4.02. The fourth-order valence-corrected chi connectivity index (χ4v) is 1.60. The number of hydrogen-bond acceptors (Lipinski definition) is 4. The molecule has 2 N–H and O–H groups in total. The molecule has 0 aliphatic heterocycles. The lowest BCUT2D eigenvalue weighted by atomic mass is 10.2. The van der Waals surface area contributed by atoms with Gasteiger partial charge in [-0.2, -0.15) is 5.26 Å². The van der Waals surface area contributed by atoms with Crippen LogP contribution in [0.3, 0.4) is 0 Å². The number of aliphatic imine (C=N–C) groups is 1. The molecule has 1 rings (SSSR count). The number of rotatable bonds is 2. The molecule has 6 heteroatoms. The third kappa shape index (κ3) is 3.42. The maximum Gasteiger partial charge on any atom is 0.183 e. The van der Waals surface area contributed by atoms with Crippen molar-refractivity contribution in [3.63, 3.8) is 0 Å². The van der Waals surface area contributed by atoms with Gasteiger partial charge < -0.3 is 5.11 Å². The van der Waals surface area contributed by atoms with E-state index in [0.29, 0.717) is 21.4 Å². The molecule has 0 atom stereocenters. The van der Waals surface area contributed by atoms with Crippen molar-refractivity contribution in [2.75, 3.05) is 6.26 Å². The number of nitriles is 1. The molecule has 0 unspecified atom stereocenters. The predicted molar refractivity (Wildman–Crippen MR) is 66.7 cm³/mol. The number of nitrogens with one attached hydrogen (secondary N) is 1. The Morgan fingerprint density at radius 1 is 1.69 bits per heavy atom. The topological polar surface area (TPSA) is 68.4 Å². The zero-order chi connectivity index (χ0) is 12.0. The molecule has 1 aromatic rings. The Balaban J connectivity index is 3.08. The standard InChI is InChI=1S/C10H10ClN3OS/c1-16-10(13-6-12)14-9-3-2-8(11)4-7(9)5-15/h2-4,15H,5H2,1H3,(H,13,14). The van der Waals surface area contributed by atoms with Crippen molar-refractivity contribution < 1.29 is 5.11 Å². The van der Waals surface area contributed by atoms with Crippen molar-refractivity contribution in [1.29, 1.82) is 5.26 Å². The number of aliphatic hydroxyl groups is 1. The Morgan fingerprint density at radius 2 is 2.44 bits per heavy atom. The van der Waals surface area contributed by atoms with Crippen molar-refractivity contribution >= 4 is 34.2 Å². The molecule has 84 valence electrons. The highest BCUT2D eigenvalue weighted by Gasteiger charge is 2.03. The minimum atomic E-state index is -0.145. The Hall–Kier alpha value is -1.22. The second kappa shape index (κ2) is 6.38. The van der Waals surface area contributed by atoms with E-state index in [4.69, 9.17) is 22.0 Å². The molecule has 0 radical (unpaired) electrons. The molecule has 0 aromatic heterocycles. The SMILES string of the molecule is CSC(=Nc1ccc(Cl)cc1CO)NC#N. The molecular formula is C10H10ClN3OS. The Bertz CT molecular complexity index is 442. The van der Waals surface area contributed by atoms with E-state index >= 15 is 0 Å². The quantitative estimate of drug-likeness (QED) is 0.368. The predicted octanol–water partition coefficient (Wildman–Crippen LogP) is 2.25. The van der Waals surface area contributed by atoms with E-state index < -0.39 is 0 Å². The van der Waals surface area contributed by atoms with Crippen LogP contribution in [-0.4, -0.2) is 16.5 Å². The lowest BCUT2D eigenvalue weighted by Crippen LogP contribution is -2.12. The van der Waals surface area contributed by atoms with Crippen molar-refractivity contribution in [2.24, 2.45) is 4.99 Å². The molecule has 0 bridgehead atoms. The minimum absolute atomic E-state index is 0.145. The first-order valence-electron chi connectivity index (χ1n) is 4.38. The van der Waals surface area contributed by atoms with E-state index in [1.807, 2.05) is 0 Å². The number of amidine groups is 1. The fourth-order valence-electron chi connectivity index (χ4n) is 1.07. The lowest BCUT2D eigenvalue weighted by molar-refractivity contribution is 0.282. The Kier molecular flexibility index (Phi) is 5.12. The van der Waals surface area contributed by atoms with Gasteiger partial charge in [-0.15, -0.1) is 0 Å². The van der Waals surface area contributed by atoms with Gasteiger partial charge in [-0.05, 0) is 24.5 Å². The van der Waals surface area contributed by atoms with Crippen LogP contribution in [0.2, 0.25) is 5.02 Å². The number of thioether (sulfide) groups is 1. The number of nitrogens with zero attached hydrogens (tertiary/aromatic N) is 2. The number of aliphatic hydroxyl groups excluding tert-OH is 1. The molecule has 0 saturated heterocycles. The van der Waals surface area contributed by atoms with Crippen LogP contribution in [0.5, 0.6) is 0 Å². The first-order valence-corrected chi connectivity index (χ1v) is 5.98. The summed E-state index contributed by atoms with van der Waals surface area (Å²) >= 11 is 7.11. The van der Waals surface area contributed by atoms with Crippen LogP contribution in [0, 0.1) is 11.5 Å². The molecule has 0 heterocycles. The molecule has 0 saturated carbocycles. The minimum Gasteiger partial charge on any atom is -0.392 e.